The third-order valence-corrected chi connectivity index (χ3v) is 10.8. The van der Waals surface area contributed by atoms with Crippen molar-refractivity contribution < 1.29 is 52.5 Å². The minimum atomic E-state index is -5.18. The van der Waals surface area contributed by atoms with Crippen LogP contribution >= 0.6 is 0 Å². The molecule has 0 N–H and O–H groups in total. The van der Waals surface area contributed by atoms with Gasteiger partial charge in [-0.25, -0.2) is 0 Å². The van der Waals surface area contributed by atoms with Gasteiger partial charge in [0.05, 0.1) is 0 Å². The largest absolute Gasteiger partial charge is 0.317 e. The molecular formula is C30H21NO12S3. The number of allylic oxidation sites excluding steroid dienone is 3. The molecule has 16 heteroatoms. The lowest BCUT2D eigenvalue weighted by Gasteiger charge is -2.21. The van der Waals surface area contributed by atoms with E-state index < -0.39 is 67.8 Å². The third kappa shape index (κ3) is 5.82. The Bertz CT molecular complexity index is 2010. The molecule has 0 amide bonds. The van der Waals surface area contributed by atoms with Crippen molar-refractivity contribution in [1.29, 1.82) is 0 Å². The molecule has 0 radical (unpaired) electrons. The van der Waals surface area contributed by atoms with Crippen LogP contribution in [0.3, 0.4) is 0 Å². The van der Waals surface area contributed by atoms with Crippen LogP contribution < -0.4 is 0 Å². The van der Waals surface area contributed by atoms with Crippen LogP contribution in [0.25, 0.3) is 18.2 Å². The minimum absolute atomic E-state index is 0.00286. The summed E-state index contributed by atoms with van der Waals surface area (Å²) in [5.74, 6) is -1.22. The molecule has 0 unspecified atom stereocenters. The number of hydrogen-bond donors (Lipinski definition) is 0. The van der Waals surface area contributed by atoms with Crippen LogP contribution in [0.4, 0.5) is 0 Å². The maximum Gasteiger partial charge on any atom is 0.317 e. The van der Waals surface area contributed by atoms with E-state index >= 15 is 0 Å². The summed E-state index contributed by atoms with van der Waals surface area (Å²) < 4.78 is 95.9. The second kappa shape index (κ2) is 11.7. The lowest BCUT2D eigenvalue weighted by atomic mass is 9.96. The van der Waals surface area contributed by atoms with Crippen LogP contribution in [0.1, 0.15) is 67.0 Å². The van der Waals surface area contributed by atoms with Crippen molar-refractivity contribution in [3.63, 3.8) is 0 Å². The maximum atomic E-state index is 13.5. The third-order valence-electron chi connectivity index (χ3n) is 7.15. The van der Waals surface area contributed by atoms with Crippen molar-refractivity contribution in [3.05, 3.63) is 106 Å². The molecule has 6 rings (SSSR count). The summed E-state index contributed by atoms with van der Waals surface area (Å²) in [6.07, 6.45) is 8.25. The minimum Gasteiger partial charge on any atom is -0.294 e. The molecule has 0 bridgehead atoms. The zero-order valence-electron chi connectivity index (χ0n) is 23.4. The van der Waals surface area contributed by atoms with Gasteiger partial charge in [-0.1, -0.05) is 72.9 Å². The number of carbonyl (C=O) groups is 3. The smallest absolute Gasteiger partial charge is 0.294 e. The van der Waals surface area contributed by atoms with Crippen molar-refractivity contribution in [2.45, 2.75) is 33.9 Å². The van der Waals surface area contributed by atoms with Crippen LogP contribution in [0.15, 0.2) is 87.5 Å². The molecule has 0 fully saturated rings. The fourth-order valence-corrected chi connectivity index (χ4v) is 8.21. The Hall–Kier alpha value is -4.42. The molecule has 3 aliphatic rings. The van der Waals surface area contributed by atoms with Gasteiger partial charge in [0.1, 0.15) is 20.1 Å². The number of carbonyl (C=O) groups excluding carboxylic acids is 3. The summed E-state index contributed by atoms with van der Waals surface area (Å²) in [5.41, 5.74) is -0.190. The van der Waals surface area contributed by atoms with Crippen LogP contribution in [0.5, 0.6) is 0 Å². The highest BCUT2D eigenvalue weighted by Gasteiger charge is 2.37. The van der Waals surface area contributed by atoms with Gasteiger partial charge in [-0.05, 0) is 18.2 Å². The second-order valence-corrected chi connectivity index (χ2v) is 14.5. The molecule has 0 spiro atoms. The van der Waals surface area contributed by atoms with Crippen molar-refractivity contribution >= 4 is 65.9 Å². The zero-order valence-corrected chi connectivity index (χ0v) is 25.8. The molecule has 0 atom stereocenters. The first-order valence-electron chi connectivity index (χ1n) is 13.4. The Balaban J connectivity index is 1.43. The van der Waals surface area contributed by atoms with Crippen molar-refractivity contribution in [3.8, 4) is 0 Å². The Morgan fingerprint density at radius 3 is 1.02 bits per heavy atom. The van der Waals surface area contributed by atoms with Gasteiger partial charge in [0.2, 0.25) is 0 Å². The van der Waals surface area contributed by atoms with Gasteiger partial charge in [0.15, 0.2) is 17.3 Å². The number of rotatable bonds is 9. The van der Waals surface area contributed by atoms with Crippen LogP contribution in [-0.4, -0.2) is 48.0 Å². The highest BCUT2D eigenvalue weighted by molar-refractivity contribution is 7.88. The van der Waals surface area contributed by atoms with E-state index in [0.717, 1.165) is 18.2 Å². The number of hydrogen-bond acceptors (Lipinski definition) is 13. The Labute approximate surface area is 263 Å². The second-order valence-electron chi connectivity index (χ2n) is 10.1. The fraction of sp³-hybridized carbons (Fsp3) is 0.100. The number of ketones is 3. The molecule has 13 nitrogen and oxygen atoms in total. The first-order valence-corrected chi connectivity index (χ1v) is 17.6. The quantitative estimate of drug-likeness (QED) is 0.295. The van der Waals surface area contributed by atoms with Crippen molar-refractivity contribution in [1.82, 2.24) is 5.39 Å². The summed E-state index contributed by atoms with van der Waals surface area (Å²) in [4.78, 5) is 35.3. The van der Waals surface area contributed by atoms with E-state index in [2.05, 4.69) is 0 Å². The summed E-state index contributed by atoms with van der Waals surface area (Å²) in [6.45, 7) is 0. The fourth-order valence-electron chi connectivity index (χ4n) is 5.11. The normalized spacial score (nSPS) is 16.0. The predicted molar refractivity (Wildman–Crippen MR) is 160 cm³/mol. The van der Waals surface area contributed by atoms with Gasteiger partial charge in [-0.3, -0.25) is 14.4 Å². The lowest BCUT2D eigenvalue weighted by Crippen LogP contribution is -2.34. The summed E-state index contributed by atoms with van der Waals surface area (Å²) in [7, 11) is -15.5. The number of nitrogens with zero attached hydrogens (tertiary/aromatic N) is 1. The molecule has 0 saturated carbocycles. The van der Waals surface area contributed by atoms with Crippen LogP contribution in [-0.2, 0) is 43.2 Å². The maximum absolute atomic E-state index is 13.5. The van der Waals surface area contributed by atoms with E-state index in [0.29, 0.717) is 0 Å². The van der Waals surface area contributed by atoms with E-state index in [1.54, 1.807) is 0 Å². The Morgan fingerprint density at radius 2 is 0.739 bits per heavy atom. The zero-order chi connectivity index (χ0) is 32.9. The first kappa shape index (κ1) is 31.6. The molecule has 0 saturated heterocycles. The van der Waals surface area contributed by atoms with Crippen LogP contribution in [0, 0.1) is 0 Å². The number of fused-ring (bicyclic) bond motifs is 3. The molecule has 46 heavy (non-hydrogen) atoms. The molecule has 3 aliphatic carbocycles. The highest BCUT2D eigenvalue weighted by atomic mass is 32.2. The van der Waals surface area contributed by atoms with Crippen LogP contribution in [0.2, 0.25) is 0 Å². The van der Waals surface area contributed by atoms with Gasteiger partial charge in [0, 0.05) is 52.6 Å². The molecule has 3 aromatic carbocycles. The Morgan fingerprint density at radius 1 is 0.457 bits per heavy atom. The summed E-state index contributed by atoms with van der Waals surface area (Å²) in [6, 6.07) is 11.0. The standard InChI is InChI=1S/C30H21NO12S3/c32-25-13-1-10-22-19(25)7-4-16-28(22)44(35,36)41-31(42-45(37,38)29-17-5-8-20-23(29)11-2-14-26(20)33)43-46(39,40)30-18-6-9-21-24(30)12-3-15-27(21)34/h1-12,16-18H,13-15H2. The molecular weight excluding hydrogens is 663 g/mol. The van der Waals surface area contributed by atoms with Gasteiger partial charge >= 0.3 is 30.4 Å². The van der Waals surface area contributed by atoms with E-state index in [-0.39, 0.29) is 52.6 Å². The van der Waals surface area contributed by atoms with Crippen molar-refractivity contribution in [2.24, 2.45) is 0 Å². The van der Waals surface area contributed by atoms with Gasteiger partial charge < -0.3 is 0 Å². The number of Topliss-reactive ketones (excluding diaryl/α,β-unsaturated/α-hetero) is 3. The molecule has 3 aromatic rings. The van der Waals surface area contributed by atoms with E-state index in [9.17, 15) is 39.6 Å². The molecule has 0 heterocycles. The first-order chi connectivity index (χ1) is 21.8. The number of benzene rings is 3. The van der Waals surface area contributed by atoms with E-state index in [1.165, 1.54) is 72.9 Å². The molecule has 0 aliphatic heterocycles. The SMILES string of the molecule is O=C1CC=Cc2c1cccc2S(=O)(=O)ON(OS(=O)(=O)c1cccc2c1C=CCC2=O)OS(=O)(=O)c1cccc2c1C=CCC2=O. The molecule has 0 aromatic heterocycles. The average molecular weight is 684 g/mol. The van der Waals surface area contributed by atoms with Gasteiger partial charge in [0.25, 0.3) is 0 Å². The predicted octanol–water partition coefficient (Wildman–Crippen LogP) is 4.05. The van der Waals surface area contributed by atoms with Crippen molar-refractivity contribution in [2.75, 3.05) is 0 Å². The molecule has 236 valence electrons. The average Bonchev–Trinajstić information content (AvgIpc) is 3.00. The van der Waals surface area contributed by atoms with E-state index in [1.807, 2.05) is 0 Å². The Kier molecular flexibility index (Phi) is 8.06. The van der Waals surface area contributed by atoms with Gasteiger partial charge in [-0.2, -0.15) is 25.3 Å². The topological polar surface area (TPSA) is 185 Å². The van der Waals surface area contributed by atoms with Gasteiger partial charge in [-0.15, -0.1) is 12.9 Å². The summed E-state index contributed by atoms with van der Waals surface area (Å²) in [5, 5.41) is -0.699. The highest BCUT2D eigenvalue weighted by Crippen LogP contribution is 2.33. The van der Waals surface area contributed by atoms with E-state index in [4.69, 9.17) is 12.9 Å². The lowest BCUT2D eigenvalue weighted by molar-refractivity contribution is -0.403. The summed E-state index contributed by atoms with van der Waals surface area (Å²) >= 11 is 0. The monoisotopic (exact) mass is 683 g/mol.